The smallest absolute Gasteiger partial charge is 0.0965 e. The van der Waals surface area contributed by atoms with Crippen LogP contribution < -0.4 is 5.73 Å². The Hall–Kier alpha value is -0.830. The molecule has 2 nitrogen and oxygen atoms in total. The molecule has 0 radical (unpaired) electrons. The average molecular weight is 140 g/mol. The van der Waals surface area contributed by atoms with Gasteiger partial charge in [0.05, 0.1) is 11.5 Å². The maximum Gasteiger partial charge on any atom is 0.0965 e. The molecule has 9 heavy (non-hydrogen) atoms. The Morgan fingerprint density at radius 1 is 1.78 bits per heavy atom. The molecule has 3 heteroatoms. The van der Waals surface area contributed by atoms with Crippen molar-refractivity contribution in [1.82, 2.24) is 0 Å². The standard InChI is InChI=1S/C6H8N2S/c1-5(7)8-6-2-3-9-4-6/h2-4H,1H3,(H2,7,8). The van der Waals surface area contributed by atoms with Crippen molar-refractivity contribution < 1.29 is 0 Å². The number of hydrogen-bond acceptors (Lipinski definition) is 2. The van der Waals surface area contributed by atoms with Gasteiger partial charge in [0.1, 0.15) is 0 Å². The van der Waals surface area contributed by atoms with Crippen molar-refractivity contribution in [1.29, 1.82) is 0 Å². The molecule has 0 saturated carbocycles. The first-order valence-electron chi connectivity index (χ1n) is 2.62. The highest BCUT2D eigenvalue weighted by Gasteiger charge is 1.85. The zero-order valence-corrected chi connectivity index (χ0v) is 5.98. The molecule has 0 fully saturated rings. The topological polar surface area (TPSA) is 38.4 Å². The zero-order chi connectivity index (χ0) is 6.69. The van der Waals surface area contributed by atoms with Gasteiger partial charge in [0, 0.05) is 5.38 Å². The summed E-state index contributed by atoms with van der Waals surface area (Å²) in [4.78, 5) is 4.02. The van der Waals surface area contributed by atoms with Crippen LogP contribution in [0.15, 0.2) is 21.8 Å². The molecule has 1 heterocycles. The van der Waals surface area contributed by atoms with Crippen LogP contribution in [0.25, 0.3) is 0 Å². The Labute approximate surface area is 58.0 Å². The molecule has 0 saturated heterocycles. The summed E-state index contributed by atoms with van der Waals surface area (Å²) in [6.45, 7) is 1.78. The summed E-state index contributed by atoms with van der Waals surface area (Å²) in [7, 11) is 0. The van der Waals surface area contributed by atoms with E-state index in [1.165, 1.54) is 0 Å². The third kappa shape index (κ3) is 1.85. The highest BCUT2D eigenvalue weighted by molar-refractivity contribution is 7.08. The van der Waals surface area contributed by atoms with Gasteiger partial charge < -0.3 is 5.73 Å². The Kier molecular flexibility index (Phi) is 1.85. The van der Waals surface area contributed by atoms with Crippen molar-refractivity contribution in [2.24, 2.45) is 10.7 Å². The van der Waals surface area contributed by atoms with Crippen molar-refractivity contribution >= 4 is 22.9 Å². The average Bonchev–Trinajstić information content (AvgIpc) is 2.15. The van der Waals surface area contributed by atoms with Gasteiger partial charge in [-0.3, -0.25) is 0 Å². The number of amidine groups is 1. The SMILES string of the molecule is CC(N)=Nc1ccsc1. The maximum absolute atomic E-state index is 5.34. The first kappa shape index (κ1) is 6.29. The van der Waals surface area contributed by atoms with Crippen LogP contribution in [0.5, 0.6) is 0 Å². The number of thiophene rings is 1. The van der Waals surface area contributed by atoms with Crippen LogP contribution in [0, 0.1) is 0 Å². The molecule has 0 aliphatic heterocycles. The van der Waals surface area contributed by atoms with Gasteiger partial charge >= 0.3 is 0 Å². The molecule has 0 bridgehead atoms. The molecule has 0 spiro atoms. The van der Waals surface area contributed by atoms with Crippen LogP contribution in [0.4, 0.5) is 5.69 Å². The minimum absolute atomic E-state index is 0.605. The Bertz CT molecular complexity index is 197. The van der Waals surface area contributed by atoms with E-state index < -0.39 is 0 Å². The van der Waals surface area contributed by atoms with E-state index in [-0.39, 0.29) is 0 Å². The lowest BCUT2D eigenvalue weighted by Crippen LogP contribution is -2.03. The van der Waals surface area contributed by atoms with E-state index in [9.17, 15) is 0 Å². The lowest BCUT2D eigenvalue weighted by atomic mass is 10.5. The minimum Gasteiger partial charge on any atom is -0.387 e. The monoisotopic (exact) mass is 140 g/mol. The van der Waals surface area contributed by atoms with Crippen LogP contribution in [0.3, 0.4) is 0 Å². The van der Waals surface area contributed by atoms with Gasteiger partial charge in [-0.25, -0.2) is 4.99 Å². The predicted octanol–water partition coefficient (Wildman–Crippen LogP) is 1.76. The van der Waals surface area contributed by atoms with E-state index >= 15 is 0 Å². The third-order valence-electron chi connectivity index (χ3n) is 0.812. The number of aliphatic imine (C=N–C) groups is 1. The summed E-state index contributed by atoms with van der Waals surface area (Å²) < 4.78 is 0. The van der Waals surface area contributed by atoms with Gasteiger partial charge in [-0.1, -0.05) is 0 Å². The van der Waals surface area contributed by atoms with Crippen molar-refractivity contribution in [2.75, 3.05) is 0 Å². The second-order valence-electron chi connectivity index (χ2n) is 1.73. The molecular weight excluding hydrogens is 132 g/mol. The molecule has 0 aliphatic carbocycles. The summed E-state index contributed by atoms with van der Waals surface area (Å²) >= 11 is 1.62. The van der Waals surface area contributed by atoms with Crippen molar-refractivity contribution in [3.8, 4) is 0 Å². The third-order valence-corrected chi connectivity index (χ3v) is 1.48. The van der Waals surface area contributed by atoms with Crippen LogP contribution in [-0.2, 0) is 0 Å². The fourth-order valence-electron chi connectivity index (χ4n) is 0.525. The van der Waals surface area contributed by atoms with Gasteiger partial charge in [0.2, 0.25) is 0 Å². The lowest BCUT2D eigenvalue weighted by Gasteiger charge is -1.85. The van der Waals surface area contributed by atoms with Crippen LogP contribution >= 0.6 is 11.3 Å². The molecule has 1 rings (SSSR count). The van der Waals surface area contributed by atoms with E-state index in [0.29, 0.717) is 5.84 Å². The molecule has 0 atom stereocenters. The number of nitrogens with zero attached hydrogens (tertiary/aromatic N) is 1. The quantitative estimate of drug-likeness (QED) is 0.468. The second-order valence-corrected chi connectivity index (χ2v) is 2.51. The van der Waals surface area contributed by atoms with Crippen LogP contribution in [0.1, 0.15) is 6.92 Å². The van der Waals surface area contributed by atoms with E-state index in [1.807, 2.05) is 16.8 Å². The molecule has 0 aliphatic rings. The predicted molar refractivity (Wildman–Crippen MR) is 41.3 cm³/mol. The number of rotatable bonds is 1. The normalized spacial score (nSPS) is 11.9. The molecule has 0 aromatic carbocycles. The fourth-order valence-corrected chi connectivity index (χ4v) is 1.09. The second kappa shape index (κ2) is 2.64. The highest BCUT2D eigenvalue weighted by Crippen LogP contribution is 2.14. The van der Waals surface area contributed by atoms with Crippen molar-refractivity contribution in [3.63, 3.8) is 0 Å². The summed E-state index contributed by atoms with van der Waals surface area (Å²) in [5, 5.41) is 3.93. The Balaban J connectivity index is 2.80. The van der Waals surface area contributed by atoms with Crippen LogP contribution in [-0.4, -0.2) is 5.84 Å². The molecule has 0 amide bonds. The Morgan fingerprint density at radius 2 is 2.56 bits per heavy atom. The van der Waals surface area contributed by atoms with E-state index in [2.05, 4.69) is 4.99 Å². The molecule has 1 aromatic rings. The van der Waals surface area contributed by atoms with Crippen molar-refractivity contribution in [3.05, 3.63) is 16.8 Å². The summed E-state index contributed by atoms with van der Waals surface area (Å²) in [6.07, 6.45) is 0. The summed E-state index contributed by atoms with van der Waals surface area (Å²) in [5.74, 6) is 0.605. The summed E-state index contributed by atoms with van der Waals surface area (Å²) in [6, 6.07) is 1.93. The highest BCUT2D eigenvalue weighted by atomic mass is 32.1. The van der Waals surface area contributed by atoms with Crippen LogP contribution in [0.2, 0.25) is 0 Å². The summed E-state index contributed by atoms with van der Waals surface area (Å²) in [5.41, 5.74) is 6.28. The largest absolute Gasteiger partial charge is 0.387 e. The van der Waals surface area contributed by atoms with E-state index in [4.69, 9.17) is 5.73 Å². The molecule has 1 aromatic heterocycles. The minimum atomic E-state index is 0.605. The van der Waals surface area contributed by atoms with Gasteiger partial charge in [0.15, 0.2) is 0 Å². The molecule has 2 N–H and O–H groups in total. The first-order valence-corrected chi connectivity index (χ1v) is 3.56. The van der Waals surface area contributed by atoms with Gasteiger partial charge in [-0.2, -0.15) is 11.3 Å². The number of hydrogen-bond donors (Lipinski definition) is 1. The van der Waals surface area contributed by atoms with Crippen molar-refractivity contribution in [2.45, 2.75) is 6.92 Å². The lowest BCUT2D eigenvalue weighted by molar-refractivity contribution is 1.48. The first-order chi connectivity index (χ1) is 4.29. The van der Waals surface area contributed by atoms with E-state index in [0.717, 1.165) is 5.69 Å². The molecule has 48 valence electrons. The molecular formula is C6H8N2S. The van der Waals surface area contributed by atoms with Gasteiger partial charge in [0.25, 0.3) is 0 Å². The Morgan fingerprint density at radius 3 is 3.00 bits per heavy atom. The van der Waals surface area contributed by atoms with Gasteiger partial charge in [-0.15, -0.1) is 0 Å². The molecule has 0 unspecified atom stereocenters. The zero-order valence-electron chi connectivity index (χ0n) is 5.16. The fraction of sp³-hybridized carbons (Fsp3) is 0.167. The van der Waals surface area contributed by atoms with Gasteiger partial charge in [-0.05, 0) is 18.4 Å². The number of nitrogens with two attached hydrogens (primary N) is 1. The van der Waals surface area contributed by atoms with E-state index in [1.54, 1.807) is 18.3 Å². The maximum atomic E-state index is 5.34.